The molecular formula is C15H13Cl3N2O. The van der Waals surface area contributed by atoms with Gasteiger partial charge in [0.15, 0.2) is 0 Å². The second kappa shape index (κ2) is 7.55. The van der Waals surface area contributed by atoms with Crippen LogP contribution in [0.5, 0.6) is 0 Å². The van der Waals surface area contributed by atoms with Crippen molar-refractivity contribution in [3.63, 3.8) is 0 Å². The van der Waals surface area contributed by atoms with Crippen molar-refractivity contribution in [2.45, 2.75) is 6.54 Å². The van der Waals surface area contributed by atoms with Gasteiger partial charge in [-0.3, -0.25) is 4.79 Å². The first-order valence-corrected chi connectivity index (χ1v) is 7.38. The minimum absolute atomic E-state index is 0.0943. The first-order chi connectivity index (χ1) is 10.1. The van der Waals surface area contributed by atoms with Crippen molar-refractivity contribution in [1.82, 2.24) is 5.32 Å². The number of halogens is 3. The number of benzene rings is 2. The molecule has 0 aliphatic carbocycles. The lowest BCUT2D eigenvalue weighted by Crippen LogP contribution is -2.29. The fourth-order valence-electron chi connectivity index (χ4n) is 1.70. The van der Waals surface area contributed by atoms with E-state index in [2.05, 4.69) is 10.6 Å². The van der Waals surface area contributed by atoms with Gasteiger partial charge in [0, 0.05) is 11.6 Å². The van der Waals surface area contributed by atoms with E-state index >= 15 is 0 Å². The quantitative estimate of drug-likeness (QED) is 0.846. The molecule has 0 heterocycles. The molecule has 0 unspecified atom stereocenters. The zero-order valence-corrected chi connectivity index (χ0v) is 13.3. The van der Waals surface area contributed by atoms with Crippen LogP contribution in [0.25, 0.3) is 0 Å². The summed E-state index contributed by atoms with van der Waals surface area (Å²) in [5.41, 5.74) is 1.53. The molecule has 0 spiro atoms. The summed E-state index contributed by atoms with van der Waals surface area (Å²) in [6.07, 6.45) is 0. The second-order valence-corrected chi connectivity index (χ2v) is 5.60. The first-order valence-electron chi connectivity index (χ1n) is 6.25. The largest absolute Gasteiger partial charge is 0.374 e. The Labute approximate surface area is 138 Å². The molecule has 0 aromatic heterocycles. The Bertz CT molecular complexity index is 609. The van der Waals surface area contributed by atoms with Gasteiger partial charge in [-0.2, -0.15) is 0 Å². The smallest absolute Gasteiger partial charge is 0.239 e. The Kier molecular flexibility index (Phi) is 5.74. The molecule has 0 fully saturated rings. The Morgan fingerprint density at radius 2 is 1.57 bits per heavy atom. The van der Waals surface area contributed by atoms with E-state index in [1.54, 1.807) is 30.3 Å². The summed E-state index contributed by atoms with van der Waals surface area (Å²) >= 11 is 17.8. The highest BCUT2D eigenvalue weighted by molar-refractivity contribution is 6.39. The molecule has 110 valence electrons. The molecule has 0 saturated carbocycles. The number of rotatable bonds is 5. The van der Waals surface area contributed by atoms with E-state index in [1.165, 1.54) is 0 Å². The minimum Gasteiger partial charge on any atom is -0.374 e. The second-order valence-electron chi connectivity index (χ2n) is 4.35. The van der Waals surface area contributed by atoms with E-state index < -0.39 is 0 Å². The van der Waals surface area contributed by atoms with Crippen LogP contribution in [0.1, 0.15) is 5.56 Å². The van der Waals surface area contributed by atoms with Gasteiger partial charge in [0.1, 0.15) is 0 Å². The predicted octanol–water partition coefficient (Wildman–Crippen LogP) is 4.38. The third-order valence-electron chi connectivity index (χ3n) is 2.79. The van der Waals surface area contributed by atoms with Gasteiger partial charge in [-0.05, 0) is 29.8 Å². The van der Waals surface area contributed by atoms with Gasteiger partial charge < -0.3 is 10.6 Å². The molecule has 6 heteroatoms. The molecule has 2 rings (SSSR count). The van der Waals surface area contributed by atoms with Crippen molar-refractivity contribution in [2.75, 3.05) is 11.9 Å². The van der Waals surface area contributed by atoms with E-state index in [1.807, 2.05) is 12.1 Å². The van der Waals surface area contributed by atoms with Crippen LogP contribution >= 0.6 is 34.8 Å². The third-order valence-corrected chi connectivity index (χ3v) is 3.67. The number of para-hydroxylation sites is 1. The van der Waals surface area contributed by atoms with Crippen molar-refractivity contribution < 1.29 is 4.79 Å². The summed E-state index contributed by atoms with van der Waals surface area (Å²) in [7, 11) is 0. The summed E-state index contributed by atoms with van der Waals surface area (Å²) < 4.78 is 0. The molecule has 2 aromatic carbocycles. The molecule has 0 saturated heterocycles. The summed E-state index contributed by atoms with van der Waals surface area (Å²) in [5, 5.41) is 7.35. The highest BCUT2D eigenvalue weighted by Crippen LogP contribution is 2.29. The normalized spacial score (nSPS) is 10.2. The summed E-state index contributed by atoms with van der Waals surface area (Å²) in [6.45, 7) is 0.533. The summed E-state index contributed by atoms with van der Waals surface area (Å²) in [4.78, 5) is 11.8. The predicted molar refractivity (Wildman–Crippen MR) is 88.3 cm³/mol. The molecule has 2 N–H and O–H groups in total. The van der Waals surface area contributed by atoms with Gasteiger partial charge in [-0.25, -0.2) is 0 Å². The van der Waals surface area contributed by atoms with Crippen molar-refractivity contribution in [1.29, 1.82) is 0 Å². The van der Waals surface area contributed by atoms with Gasteiger partial charge in [0.2, 0.25) is 5.91 Å². The number of hydrogen-bond acceptors (Lipinski definition) is 2. The maximum Gasteiger partial charge on any atom is 0.239 e. The first kappa shape index (κ1) is 16.0. The topological polar surface area (TPSA) is 41.1 Å². The molecule has 0 bridgehead atoms. The molecule has 0 aliphatic heterocycles. The highest BCUT2D eigenvalue weighted by atomic mass is 35.5. The lowest BCUT2D eigenvalue weighted by atomic mass is 10.2. The van der Waals surface area contributed by atoms with Crippen LogP contribution in [0.4, 0.5) is 5.69 Å². The third kappa shape index (κ3) is 4.81. The SMILES string of the molecule is O=C(CNc1c(Cl)cccc1Cl)NCc1ccc(Cl)cc1. The van der Waals surface area contributed by atoms with Gasteiger partial charge in [-0.1, -0.05) is 53.0 Å². The molecule has 0 radical (unpaired) electrons. The average molecular weight is 344 g/mol. The van der Waals surface area contributed by atoms with Crippen LogP contribution in [0, 0.1) is 0 Å². The van der Waals surface area contributed by atoms with Gasteiger partial charge in [0.05, 0.1) is 22.3 Å². The Morgan fingerprint density at radius 3 is 2.19 bits per heavy atom. The number of hydrogen-bond donors (Lipinski definition) is 2. The fourth-order valence-corrected chi connectivity index (χ4v) is 2.36. The minimum atomic E-state index is -0.152. The van der Waals surface area contributed by atoms with Crippen LogP contribution in [0.2, 0.25) is 15.1 Å². The molecule has 2 aromatic rings. The Balaban J connectivity index is 1.84. The maximum atomic E-state index is 11.8. The monoisotopic (exact) mass is 342 g/mol. The van der Waals surface area contributed by atoms with E-state index in [9.17, 15) is 4.79 Å². The van der Waals surface area contributed by atoms with Crippen LogP contribution in [0.15, 0.2) is 42.5 Å². The van der Waals surface area contributed by atoms with Crippen LogP contribution < -0.4 is 10.6 Å². The molecule has 21 heavy (non-hydrogen) atoms. The average Bonchev–Trinajstić information content (AvgIpc) is 2.46. The van der Waals surface area contributed by atoms with Crippen LogP contribution in [0.3, 0.4) is 0 Å². The van der Waals surface area contributed by atoms with E-state index in [0.717, 1.165) is 5.56 Å². The zero-order chi connectivity index (χ0) is 15.2. The molecule has 0 aliphatic rings. The number of carbonyl (C=O) groups excluding carboxylic acids is 1. The molecule has 3 nitrogen and oxygen atoms in total. The molecule has 0 atom stereocenters. The van der Waals surface area contributed by atoms with Gasteiger partial charge >= 0.3 is 0 Å². The summed E-state index contributed by atoms with van der Waals surface area (Å²) in [6, 6.07) is 12.5. The van der Waals surface area contributed by atoms with E-state index in [-0.39, 0.29) is 12.5 Å². The Hall–Kier alpha value is -1.42. The number of anilines is 1. The van der Waals surface area contributed by atoms with E-state index in [0.29, 0.717) is 27.3 Å². The standard InChI is InChI=1S/C15H13Cl3N2O/c16-11-6-4-10(5-7-11)8-19-14(21)9-20-15-12(17)2-1-3-13(15)18/h1-7,20H,8-9H2,(H,19,21). The lowest BCUT2D eigenvalue weighted by Gasteiger charge is -2.10. The van der Waals surface area contributed by atoms with Crippen molar-refractivity contribution >= 4 is 46.4 Å². The van der Waals surface area contributed by atoms with Crippen molar-refractivity contribution in [3.05, 3.63) is 63.1 Å². The fraction of sp³-hybridized carbons (Fsp3) is 0.133. The summed E-state index contributed by atoms with van der Waals surface area (Å²) in [5.74, 6) is -0.152. The number of carbonyl (C=O) groups is 1. The van der Waals surface area contributed by atoms with Crippen LogP contribution in [-0.2, 0) is 11.3 Å². The van der Waals surface area contributed by atoms with Gasteiger partial charge in [0.25, 0.3) is 0 Å². The van der Waals surface area contributed by atoms with E-state index in [4.69, 9.17) is 34.8 Å². The lowest BCUT2D eigenvalue weighted by molar-refractivity contribution is -0.119. The molecule has 1 amide bonds. The van der Waals surface area contributed by atoms with Crippen molar-refractivity contribution in [3.8, 4) is 0 Å². The number of nitrogens with one attached hydrogen (secondary N) is 2. The maximum absolute atomic E-state index is 11.8. The number of amides is 1. The zero-order valence-electron chi connectivity index (χ0n) is 11.0. The van der Waals surface area contributed by atoms with Crippen molar-refractivity contribution in [2.24, 2.45) is 0 Å². The highest BCUT2D eigenvalue weighted by Gasteiger charge is 2.07. The van der Waals surface area contributed by atoms with Crippen LogP contribution in [-0.4, -0.2) is 12.5 Å². The Morgan fingerprint density at radius 1 is 0.952 bits per heavy atom. The molecular weight excluding hydrogens is 331 g/mol. The van der Waals surface area contributed by atoms with Gasteiger partial charge in [-0.15, -0.1) is 0 Å².